The fourth-order valence-electron chi connectivity index (χ4n) is 3.31. The van der Waals surface area contributed by atoms with Crippen LogP contribution in [0.3, 0.4) is 0 Å². The Bertz CT molecular complexity index is 768. The summed E-state index contributed by atoms with van der Waals surface area (Å²) in [6.45, 7) is 5.72. The first kappa shape index (κ1) is 20.4. The van der Waals surface area contributed by atoms with Gasteiger partial charge in [-0.15, -0.1) is 0 Å². The van der Waals surface area contributed by atoms with Crippen molar-refractivity contribution in [1.29, 1.82) is 0 Å². The van der Waals surface area contributed by atoms with Crippen molar-refractivity contribution in [2.45, 2.75) is 63.3 Å². The van der Waals surface area contributed by atoms with Gasteiger partial charge < -0.3 is 0 Å². The molecule has 0 radical (unpaired) electrons. The average Bonchev–Trinajstić information content (AvgIpc) is 2.56. The van der Waals surface area contributed by atoms with Crippen LogP contribution in [0, 0.1) is 5.92 Å². The Morgan fingerprint density at radius 2 is 1.64 bits per heavy atom. The highest BCUT2D eigenvalue weighted by molar-refractivity contribution is 7.91. The van der Waals surface area contributed by atoms with E-state index in [-0.39, 0.29) is 23.5 Å². The summed E-state index contributed by atoms with van der Waals surface area (Å²) in [5.74, 6) is 0.178. The number of sulfonamides is 1. The lowest BCUT2D eigenvalue weighted by Crippen LogP contribution is -2.44. The van der Waals surface area contributed by atoms with Crippen LogP contribution in [0.15, 0.2) is 29.2 Å². The molecular weight excluding hydrogens is 358 g/mol. The molecule has 1 N–H and O–H groups in total. The van der Waals surface area contributed by atoms with Crippen molar-refractivity contribution < 1.29 is 16.8 Å². The van der Waals surface area contributed by atoms with Gasteiger partial charge in [-0.2, -0.15) is 0 Å². The molecule has 1 aromatic carbocycles. The van der Waals surface area contributed by atoms with Gasteiger partial charge in [0.15, 0.2) is 9.84 Å². The van der Waals surface area contributed by atoms with E-state index in [1.165, 1.54) is 0 Å². The second kappa shape index (κ2) is 8.18. The molecule has 0 unspecified atom stereocenters. The molecule has 25 heavy (non-hydrogen) atoms. The normalized spacial score (nSPS) is 22.2. The zero-order valence-electron chi connectivity index (χ0n) is 15.2. The van der Waals surface area contributed by atoms with Crippen LogP contribution in [0.1, 0.15) is 57.9 Å². The highest BCUT2D eigenvalue weighted by atomic mass is 32.2. The van der Waals surface area contributed by atoms with Crippen molar-refractivity contribution in [1.82, 2.24) is 4.72 Å². The lowest BCUT2D eigenvalue weighted by Gasteiger charge is -2.31. The predicted octanol–water partition coefficient (Wildman–Crippen LogP) is 3.08. The first-order chi connectivity index (χ1) is 11.6. The van der Waals surface area contributed by atoms with Gasteiger partial charge in [0.05, 0.1) is 16.4 Å². The Kier molecular flexibility index (Phi) is 6.68. The number of hydrogen-bond acceptors (Lipinski definition) is 4. The molecule has 1 aromatic rings. The van der Waals surface area contributed by atoms with Crippen molar-refractivity contribution in [3.63, 3.8) is 0 Å². The Labute approximate surface area is 152 Å². The van der Waals surface area contributed by atoms with E-state index in [9.17, 15) is 16.8 Å². The molecule has 0 aromatic heterocycles. The summed E-state index contributed by atoms with van der Waals surface area (Å²) < 4.78 is 52.0. The third-order valence-corrected chi connectivity index (χ3v) is 8.24. The Hall–Kier alpha value is -0.920. The molecule has 1 saturated carbocycles. The highest BCUT2D eigenvalue weighted by Gasteiger charge is 2.32. The van der Waals surface area contributed by atoms with Crippen LogP contribution in [-0.2, 0) is 19.9 Å². The lowest BCUT2D eigenvalue weighted by atomic mass is 9.86. The Morgan fingerprint density at radius 3 is 2.20 bits per heavy atom. The summed E-state index contributed by atoms with van der Waals surface area (Å²) >= 11 is 0. The summed E-state index contributed by atoms with van der Waals surface area (Å²) in [6.07, 6.45) is 3.30. The molecule has 5 nitrogen and oxygen atoms in total. The zero-order chi connectivity index (χ0) is 18.7. The number of nitrogens with one attached hydrogen (secondary N) is 1. The van der Waals surface area contributed by atoms with Crippen molar-refractivity contribution in [3.8, 4) is 0 Å². The number of hydrogen-bond donors (Lipinski definition) is 1. The quantitative estimate of drug-likeness (QED) is 0.780. The molecule has 2 rings (SSSR count). The summed E-state index contributed by atoms with van der Waals surface area (Å²) in [5, 5.41) is 0. The van der Waals surface area contributed by atoms with E-state index >= 15 is 0 Å². The van der Waals surface area contributed by atoms with E-state index in [1.54, 1.807) is 19.1 Å². The Balaban J connectivity index is 2.16. The van der Waals surface area contributed by atoms with Gasteiger partial charge in [-0.1, -0.05) is 38.8 Å². The van der Waals surface area contributed by atoms with E-state index < -0.39 is 19.9 Å². The molecule has 7 heteroatoms. The topological polar surface area (TPSA) is 80.3 Å². The molecule has 1 aliphatic rings. The van der Waals surface area contributed by atoms with Crippen LogP contribution >= 0.6 is 0 Å². The largest absolute Gasteiger partial charge is 0.224 e. The van der Waals surface area contributed by atoms with Gasteiger partial charge >= 0.3 is 0 Å². The van der Waals surface area contributed by atoms with Gasteiger partial charge in [0.1, 0.15) is 0 Å². The van der Waals surface area contributed by atoms with E-state index in [0.717, 1.165) is 24.8 Å². The van der Waals surface area contributed by atoms with Crippen LogP contribution in [-0.4, -0.2) is 34.4 Å². The molecule has 1 fully saturated rings. The maximum absolute atomic E-state index is 12.8. The summed E-state index contributed by atoms with van der Waals surface area (Å²) in [5.41, 5.74) is 1.10. The molecular formula is C18H29NO4S2. The Morgan fingerprint density at radius 1 is 1.04 bits per heavy atom. The third-order valence-electron chi connectivity index (χ3n) is 4.96. The van der Waals surface area contributed by atoms with Crippen LogP contribution in [0.5, 0.6) is 0 Å². The van der Waals surface area contributed by atoms with E-state index in [4.69, 9.17) is 0 Å². The predicted molar refractivity (Wildman–Crippen MR) is 101 cm³/mol. The summed E-state index contributed by atoms with van der Waals surface area (Å²) in [4.78, 5) is 0.319. The maximum Gasteiger partial charge on any atom is 0.211 e. The van der Waals surface area contributed by atoms with Gasteiger partial charge in [0.25, 0.3) is 0 Å². The second-order valence-electron chi connectivity index (χ2n) is 7.18. The standard InChI is InChI=1S/C18H29NO4S2/c1-4-25(22,23)19-18-8-6-5-7-16(18)13-24(20,21)17-11-9-15(10-12-17)14(2)3/h9-12,14,16,18-19H,4-8,13H2,1-3H3/t16-,18+/m0/s1. The fraction of sp³-hybridized carbons (Fsp3) is 0.667. The molecule has 2 atom stereocenters. The van der Waals surface area contributed by atoms with Crippen LogP contribution in [0.2, 0.25) is 0 Å². The van der Waals surface area contributed by atoms with Crippen molar-refractivity contribution >= 4 is 19.9 Å². The van der Waals surface area contributed by atoms with Crippen molar-refractivity contribution in [3.05, 3.63) is 29.8 Å². The van der Waals surface area contributed by atoms with Crippen LogP contribution < -0.4 is 4.72 Å². The third kappa shape index (κ3) is 5.53. The van der Waals surface area contributed by atoms with Gasteiger partial charge in [-0.25, -0.2) is 21.6 Å². The number of benzene rings is 1. The van der Waals surface area contributed by atoms with Gasteiger partial charge in [-0.05, 0) is 49.3 Å². The molecule has 0 aliphatic heterocycles. The zero-order valence-corrected chi connectivity index (χ0v) is 16.9. The lowest BCUT2D eigenvalue weighted by molar-refractivity contribution is 0.311. The molecule has 0 spiro atoms. The van der Waals surface area contributed by atoms with E-state index in [2.05, 4.69) is 18.6 Å². The van der Waals surface area contributed by atoms with Crippen molar-refractivity contribution in [2.24, 2.45) is 5.92 Å². The van der Waals surface area contributed by atoms with Gasteiger partial charge in [0.2, 0.25) is 10.0 Å². The minimum absolute atomic E-state index is 0.00900. The molecule has 0 bridgehead atoms. The van der Waals surface area contributed by atoms with Crippen LogP contribution in [0.25, 0.3) is 0 Å². The van der Waals surface area contributed by atoms with Gasteiger partial charge in [-0.3, -0.25) is 0 Å². The minimum Gasteiger partial charge on any atom is -0.224 e. The number of sulfone groups is 1. The smallest absolute Gasteiger partial charge is 0.211 e. The minimum atomic E-state index is -3.43. The summed E-state index contributed by atoms with van der Waals surface area (Å²) in [7, 11) is -6.76. The fourth-order valence-corrected chi connectivity index (χ4v) is 5.96. The summed E-state index contributed by atoms with van der Waals surface area (Å²) in [6, 6.07) is 6.76. The maximum atomic E-state index is 12.8. The van der Waals surface area contributed by atoms with Crippen molar-refractivity contribution in [2.75, 3.05) is 11.5 Å². The molecule has 0 heterocycles. The van der Waals surface area contributed by atoms with E-state index in [0.29, 0.717) is 17.2 Å². The molecule has 0 saturated heterocycles. The SMILES string of the molecule is CCS(=O)(=O)N[C@@H]1CCCC[C@H]1CS(=O)(=O)c1ccc(C(C)C)cc1. The van der Waals surface area contributed by atoms with E-state index in [1.807, 2.05) is 12.1 Å². The van der Waals surface area contributed by atoms with Crippen LogP contribution in [0.4, 0.5) is 0 Å². The van der Waals surface area contributed by atoms with Gasteiger partial charge in [0, 0.05) is 6.04 Å². The molecule has 142 valence electrons. The highest BCUT2D eigenvalue weighted by Crippen LogP contribution is 2.28. The first-order valence-corrected chi connectivity index (χ1v) is 12.3. The molecule has 0 amide bonds. The second-order valence-corrected chi connectivity index (χ2v) is 11.3. The number of rotatable bonds is 7. The average molecular weight is 388 g/mol. The molecule has 1 aliphatic carbocycles. The first-order valence-electron chi connectivity index (χ1n) is 8.97. The monoisotopic (exact) mass is 387 g/mol.